The van der Waals surface area contributed by atoms with Gasteiger partial charge < -0.3 is 26.2 Å². The molecular formula is C29H34N4O7. The second kappa shape index (κ2) is 9.25. The maximum Gasteiger partial charge on any atom is 0.230 e. The monoisotopic (exact) mass is 550 g/mol. The largest absolute Gasteiger partial charge is 0.507 e. The SMILES string of the molecule is CC(C)[C@H]1C(O)[C@@H](C(N)=O)C(=O)[C@]2(O)C(O)[C@H]3C(=O)c4c(O)ccc(N=Nc5ccncc5)c4C[C@]3(C)C[C@]12C. The fraction of sp³-hybridized carbons (Fsp3) is 0.517. The molecule has 212 valence electrons. The number of carbonyl (C=O) groups is 3. The van der Waals surface area contributed by atoms with E-state index < -0.39 is 63.9 Å². The third-order valence-corrected chi connectivity index (χ3v) is 9.58. The lowest BCUT2D eigenvalue weighted by molar-refractivity contribution is -0.265. The van der Waals surface area contributed by atoms with Gasteiger partial charge in [-0.15, -0.1) is 0 Å². The average molecular weight is 551 g/mol. The van der Waals surface area contributed by atoms with Gasteiger partial charge in [0.15, 0.2) is 17.2 Å². The number of fused-ring (bicyclic) bond motifs is 3. The molecule has 0 saturated heterocycles. The van der Waals surface area contributed by atoms with Crippen molar-refractivity contribution in [3.63, 3.8) is 0 Å². The number of Topliss-reactive ketones (excluding diaryl/α,β-unsaturated/α-hetero) is 2. The number of hydrogen-bond donors (Lipinski definition) is 5. The average Bonchev–Trinajstić information content (AvgIpc) is 2.86. The Balaban J connectivity index is 1.68. The summed E-state index contributed by atoms with van der Waals surface area (Å²) >= 11 is 0. The van der Waals surface area contributed by atoms with E-state index in [1.165, 1.54) is 6.07 Å². The zero-order chi connectivity index (χ0) is 29.4. The molecule has 0 aliphatic heterocycles. The van der Waals surface area contributed by atoms with Crippen LogP contribution in [-0.4, -0.2) is 60.7 Å². The zero-order valence-electron chi connectivity index (χ0n) is 22.8. The lowest BCUT2D eigenvalue weighted by Crippen LogP contribution is -2.79. The van der Waals surface area contributed by atoms with Gasteiger partial charge in [0, 0.05) is 17.8 Å². The topological polar surface area (TPSA) is 196 Å². The molecule has 2 aromatic rings. The second-order valence-corrected chi connectivity index (χ2v) is 12.3. The molecule has 1 heterocycles. The Morgan fingerprint density at radius 2 is 1.75 bits per heavy atom. The van der Waals surface area contributed by atoms with E-state index in [1.54, 1.807) is 58.3 Å². The van der Waals surface area contributed by atoms with Crippen molar-refractivity contribution in [2.45, 2.75) is 58.3 Å². The first-order valence-corrected chi connectivity index (χ1v) is 13.3. The minimum atomic E-state index is -2.55. The van der Waals surface area contributed by atoms with Crippen LogP contribution in [0, 0.1) is 34.5 Å². The second-order valence-electron chi connectivity index (χ2n) is 12.3. The van der Waals surface area contributed by atoms with E-state index in [2.05, 4.69) is 15.2 Å². The van der Waals surface area contributed by atoms with Crippen molar-refractivity contribution in [2.75, 3.05) is 0 Å². The summed E-state index contributed by atoms with van der Waals surface area (Å²) in [5, 5.41) is 54.5. The van der Waals surface area contributed by atoms with E-state index in [0.29, 0.717) is 16.9 Å². The number of amides is 1. The van der Waals surface area contributed by atoms with Crippen LogP contribution in [0.15, 0.2) is 46.9 Å². The fourth-order valence-corrected chi connectivity index (χ4v) is 8.13. The van der Waals surface area contributed by atoms with Crippen molar-refractivity contribution in [1.29, 1.82) is 0 Å². The molecule has 1 aromatic heterocycles. The van der Waals surface area contributed by atoms with Crippen molar-refractivity contribution in [3.05, 3.63) is 47.8 Å². The van der Waals surface area contributed by atoms with Gasteiger partial charge in [-0.25, -0.2) is 0 Å². The van der Waals surface area contributed by atoms with Gasteiger partial charge in [-0.3, -0.25) is 19.4 Å². The Morgan fingerprint density at radius 3 is 2.35 bits per heavy atom. The lowest BCUT2D eigenvalue weighted by Gasteiger charge is -2.66. The number of phenols is 1. The Bertz CT molecular complexity index is 1430. The number of nitrogens with zero attached hydrogens (tertiary/aromatic N) is 3. The summed E-state index contributed by atoms with van der Waals surface area (Å²) < 4.78 is 0. The molecule has 3 aliphatic carbocycles. The molecule has 0 radical (unpaired) electrons. The number of phenolic OH excluding ortho intramolecular Hbond substituents is 1. The van der Waals surface area contributed by atoms with Gasteiger partial charge in [-0.1, -0.05) is 27.7 Å². The summed E-state index contributed by atoms with van der Waals surface area (Å²) in [6.07, 6.45) is -0.0695. The number of aliphatic hydroxyl groups is 3. The molecule has 6 N–H and O–H groups in total. The van der Waals surface area contributed by atoms with Gasteiger partial charge in [-0.05, 0) is 59.9 Å². The summed E-state index contributed by atoms with van der Waals surface area (Å²) in [5.41, 5.74) is 1.76. The van der Waals surface area contributed by atoms with Crippen LogP contribution in [0.3, 0.4) is 0 Å². The van der Waals surface area contributed by atoms with Crippen molar-refractivity contribution in [1.82, 2.24) is 4.98 Å². The molecule has 5 rings (SSSR count). The molecule has 0 spiro atoms. The van der Waals surface area contributed by atoms with Crippen LogP contribution >= 0.6 is 0 Å². The smallest absolute Gasteiger partial charge is 0.230 e. The van der Waals surface area contributed by atoms with Crippen LogP contribution in [0.5, 0.6) is 5.75 Å². The van der Waals surface area contributed by atoms with Gasteiger partial charge >= 0.3 is 0 Å². The van der Waals surface area contributed by atoms with Crippen LogP contribution in [0.2, 0.25) is 0 Å². The number of primary amides is 1. The number of nitrogens with two attached hydrogens (primary N) is 1. The Hall–Kier alpha value is -3.54. The van der Waals surface area contributed by atoms with Gasteiger partial charge in [0.05, 0.1) is 29.0 Å². The van der Waals surface area contributed by atoms with Crippen molar-refractivity contribution in [2.24, 2.45) is 50.5 Å². The summed E-state index contributed by atoms with van der Waals surface area (Å²) in [7, 11) is 0. The molecule has 40 heavy (non-hydrogen) atoms. The minimum Gasteiger partial charge on any atom is -0.507 e. The van der Waals surface area contributed by atoms with Gasteiger partial charge in [0.25, 0.3) is 0 Å². The van der Waals surface area contributed by atoms with E-state index in [4.69, 9.17) is 5.73 Å². The highest BCUT2D eigenvalue weighted by Gasteiger charge is 2.75. The molecule has 2 fully saturated rings. The number of azo groups is 1. The number of aromatic nitrogens is 1. The quantitative estimate of drug-likeness (QED) is 0.282. The predicted molar refractivity (Wildman–Crippen MR) is 142 cm³/mol. The maximum atomic E-state index is 14.1. The molecular weight excluding hydrogens is 516 g/mol. The Kier molecular flexibility index (Phi) is 6.48. The van der Waals surface area contributed by atoms with Gasteiger partial charge in [-0.2, -0.15) is 10.2 Å². The molecule has 8 atom stereocenters. The Labute approximate surface area is 231 Å². The van der Waals surface area contributed by atoms with Crippen LogP contribution in [0.25, 0.3) is 0 Å². The number of hydrogen-bond acceptors (Lipinski definition) is 10. The number of aromatic hydroxyl groups is 1. The minimum absolute atomic E-state index is 0.0527. The first-order chi connectivity index (χ1) is 18.7. The van der Waals surface area contributed by atoms with Crippen LogP contribution < -0.4 is 5.73 Å². The third kappa shape index (κ3) is 3.68. The third-order valence-electron chi connectivity index (χ3n) is 9.58. The van der Waals surface area contributed by atoms with Crippen molar-refractivity contribution < 1.29 is 34.8 Å². The maximum absolute atomic E-state index is 14.1. The van der Waals surface area contributed by atoms with Gasteiger partial charge in [0.1, 0.15) is 17.8 Å². The number of aliphatic hydroxyl groups excluding tert-OH is 2. The number of rotatable bonds is 4. The van der Waals surface area contributed by atoms with Crippen molar-refractivity contribution >= 4 is 28.8 Å². The van der Waals surface area contributed by atoms with Gasteiger partial charge in [0.2, 0.25) is 5.91 Å². The summed E-state index contributed by atoms with van der Waals surface area (Å²) in [6, 6.07) is 6.19. The highest BCUT2D eigenvalue weighted by atomic mass is 16.4. The fourth-order valence-electron chi connectivity index (χ4n) is 8.13. The highest BCUT2D eigenvalue weighted by molar-refractivity contribution is 6.09. The van der Waals surface area contributed by atoms with Crippen LogP contribution in [0.1, 0.15) is 50.0 Å². The first-order valence-electron chi connectivity index (χ1n) is 13.3. The van der Waals surface area contributed by atoms with Crippen LogP contribution in [-0.2, 0) is 16.0 Å². The molecule has 1 amide bonds. The molecule has 3 aliphatic rings. The molecule has 2 saturated carbocycles. The first kappa shape index (κ1) is 28.0. The molecule has 11 heteroatoms. The molecule has 11 nitrogen and oxygen atoms in total. The van der Waals surface area contributed by atoms with Crippen molar-refractivity contribution in [3.8, 4) is 5.75 Å². The van der Waals surface area contributed by atoms with E-state index >= 15 is 0 Å². The van der Waals surface area contributed by atoms with E-state index in [-0.39, 0.29) is 30.1 Å². The number of pyridine rings is 1. The number of ketones is 2. The van der Waals surface area contributed by atoms with Crippen LogP contribution in [0.4, 0.5) is 11.4 Å². The van der Waals surface area contributed by atoms with E-state index in [1.807, 2.05) is 0 Å². The summed E-state index contributed by atoms with van der Waals surface area (Å²) in [4.78, 5) is 44.1. The highest BCUT2D eigenvalue weighted by Crippen LogP contribution is 2.66. The predicted octanol–water partition coefficient (Wildman–Crippen LogP) is 2.38. The Morgan fingerprint density at radius 1 is 1.10 bits per heavy atom. The number of benzene rings is 1. The summed E-state index contributed by atoms with van der Waals surface area (Å²) in [5.74, 6) is -7.36. The summed E-state index contributed by atoms with van der Waals surface area (Å²) in [6.45, 7) is 7.00. The van der Waals surface area contributed by atoms with E-state index in [0.717, 1.165) is 0 Å². The zero-order valence-corrected chi connectivity index (χ0v) is 22.8. The molecule has 0 bridgehead atoms. The normalized spacial score (nSPS) is 37.2. The number of carbonyl (C=O) groups excluding carboxylic acids is 3. The molecule has 1 aromatic carbocycles. The molecule has 2 unspecified atom stereocenters. The standard InChI is InChI=1S/C29H34N4O7/c1-13(2)20-23(36)19(26(30)39)24(37)29(40)25(38)21-22(35)18-15(11-27(21,3)12-28(20,29)4)16(5-6-17(18)34)33-32-14-7-9-31-10-8-14/h5-10,13,19-21,23,25,34,36,38,40H,11-12H2,1-4H3,(H2,30,39)/t19-,20+,21-,23?,25?,27-,28-,29+/m1/s1. The lowest BCUT2D eigenvalue weighted by atomic mass is 9.39. The van der Waals surface area contributed by atoms with E-state index in [9.17, 15) is 34.8 Å².